The Morgan fingerprint density at radius 2 is 1.80 bits per heavy atom. The predicted molar refractivity (Wildman–Crippen MR) is 111 cm³/mol. The topological polar surface area (TPSA) is 88.8 Å². The van der Waals surface area contributed by atoms with E-state index in [2.05, 4.69) is 15.5 Å². The van der Waals surface area contributed by atoms with Crippen LogP contribution in [0.5, 0.6) is 0 Å². The lowest BCUT2D eigenvalue weighted by Crippen LogP contribution is -2.39. The number of benzene rings is 1. The molecule has 2 aromatic heterocycles. The number of amides is 2. The summed E-state index contributed by atoms with van der Waals surface area (Å²) in [6.45, 7) is 1.85. The molecule has 1 aliphatic heterocycles. The SMILES string of the molecule is O=C(NCCC(=O)N1CCC(c2nnc3ccccn23)CC1)OCc1ccccc1. The van der Waals surface area contributed by atoms with Gasteiger partial charge in [-0.1, -0.05) is 36.4 Å². The van der Waals surface area contributed by atoms with Crippen LogP contribution in [-0.4, -0.2) is 51.1 Å². The second-order valence-electron chi connectivity index (χ2n) is 7.38. The summed E-state index contributed by atoms with van der Waals surface area (Å²) in [7, 11) is 0. The number of nitrogens with zero attached hydrogens (tertiary/aromatic N) is 4. The maximum Gasteiger partial charge on any atom is 0.407 e. The average Bonchev–Trinajstić information content (AvgIpc) is 3.23. The molecule has 0 bridgehead atoms. The molecule has 30 heavy (non-hydrogen) atoms. The van der Waals surface area contributed by atoms with E-state index in [9.17, 15) is 9.59 Å². The highest BCUT2D eigenvalue weighted by atomic mass is 16.5. The van der Waals surface area contributed by atoms with Crippen molar-refractivity contribution in [3.05, 3.63) is 66.1 Å². The summed E-state index contributed by atoms with van der Waals surface area (Å²) in [4.78, 5) is 26.1. The molecule has 0 spiro atoms. The molecule has 3 heterocycles. The van der Waals surface area contributed by atoms with Crippen LogP contribution in [0.25, 0.3) is 5.65 Å². The number of carbonyl (C=O) groups excluding carboxylic acids is 2. The largest absolute Gasteiger partial charge is 0.445 e. The van der Waals surface area contributed by atoms with E-state index in [1.54, 1.807) is 0 Å². The van der Waals surface area contributed by atoms with Crippen LogP contribution in [0.15, 0.2) is 54.7 Å². The normalized spacial score (nSPS) is 14.6. The molecule has 2 amide bonds. The number of hydrogen-bond donors (Lipinski definition) is 1. The molecule has 156 valence electrons. The molecule has 0 atom stereocenters. The van der Waals surface area contributed by atoms with Gasteiger partial charge in [0.2, 0.25) is 5.91 Å². The number of fused-ring (bicyclic) bond motifs is 1. The number of hydrogen-bond acceptors (Lipinski definition) is 5. The molecular formula is C22H25N5O3. The Morgan fingerprint density at radius 3 is 2.60 bits per heavy atom. The molecule has 0 unspecified atom stereocenters. The van der Waals surface area contributed by atoms with Crippen LogP contribution in [0.3, 0.4) is 0 Å². The zero-order chi connectivity index (χ0) is 20.8. The fourth-order valence-electron chi connectivity index (χ4n) is 3.73. The van der Waals surface area contributed by atoms with Crippen LogP contribution >= 0.6 is 0 Å². The third-order valence-electron chi connectivity index (χ3n) is 5.37. The van der Waals surface area contributed by atoms with E-state index in [0.29, 0.717) is 13.1 Å². The van der Waals surface area contributed by atoms with Gasteiger partial charge in [0.1, 0.15) is 12.4 Å². The first-order valence-corrected chi connectivity index (χ1v) is 10.2. The Hall–Kier alpha value is -3.42. The number of ether oxygens (including phenoxy) is 1. The maximum absolute atomic E-state index is 12.5. The highest BCUT2D eigenvalue weighted by molar-refractivity contribution is 5.77. The molecule has 1 aromatic carbocycles. The van der Waals surface area contributed by atoms with Gasteiger partial charge in [-0.05, 0) is 30.5 Å². The van der Waals surface area contributed by atoms with Crippen LogP contribution < -0.4 is 5.32 Å². The minimum Gasteiger partial charge on any atom is -0.445 e. The van der Waals surface area contributed by atoms with E-state index >= 15 is 0 Å². The zero-order valence-electron chi connectivity index (χ0n) is 16.7. The van der Waals surface area contributed by atoms with Crippen molar-refractivity contribution in [2.75, 3.05) is 19.6 Å². The molecule has 4 rings (SSSR count). The summed E-state index contributed by atoms with van der Waals surface area (Å²) >= 11 is 0. The second kappa shape index (κ2) is 9.39. The molecule has 8 nitrogen and oxygen atoms in total. The van der Waals surface area contributed by atoms with Crippen LogP contribution in [-0.2, 0) is 16.1 Å². The average molecular weight is 407 g/mol. The van der Waals surface area contributed by atoms with E-state index in [1.165, 1.54) is 0 Å². The highest BCUT2D eigenvalue weighted by Crippen LogP contribution is 2.27. The van der Waals surface area contributed by atoms with Crippen LogP contribution in [0.2, 0.25) is 0 Å². The van der Waals surface area contributed by atoms with E-state index < -0.39 is 6.09 Å². The number of carbonyl (C=O) groups is 2. The lowest BCUT2D eigenvalue weighted by molar-refractivity contribution is -0.132. The highest BCUT2D eigenvalue weighted by Gasteiger charge is 2.26. The van der Waals surface area contributed by atoms with Crippen molar-refractivity contribution in [3.63, 3.8) is 0 Å². The van der Waals surface area contributed by atoms with Crippen molar-refractivity contribution in [1.29, 1.82) is 0 Å². The maximum atomic E-state index is 12.5. The fraction of sp³-hybridized carbons (Fsp3) is 0.364. The fourth-order valence-corrected chi connectivity index (χ4v) is 3.73. The Morgan fingerprint density at radius 1 is 1.03 bits per heavy atom. The van der Waals surface area contributed by atoms with Crippen molar-refractivity contribution >= 4 is 17.6 Å². The molecular weight excluding hydrogens is 382 g/mol. The van der Waals surface area contributed by atoms with Crippen LogP contribution in [0, 0.1) is 0 Å². The zero-order valence-corrected chi connectivity index (χ0v) is 16.7. The van der Waals surface area contributed by atoms with E-state index in [-0.39, 0.29) is 31.4 Å². The molecule has 0 radical (unpaired) electrons. The minimum absolute atomic E-state index is 0.0444. The third-order valence-corrected chi connectivity index (χ3v) is 5.37. The predicted octanol–water partition coefficient (Wildman–Crippen LogP) is 2.75. The summed E-state index contributed by atoms with van der Waals surface area (Å²) in [5.74, 6) is 1.29. The molecule has 0 saturated carbocycles. The summed E-state index contributed by atoms with van der Waals surface area (Å²) in [6.07, 6.45) is 3.44. The molecule has 0 aliphatic carbocycles. The third kappa shape index (κ3) is 4.76. The number of likely N-dealkylation sites (tertiary alicyclic amines) is 1. The first-order chi connectivity index (χ1) is 14.7. The summed E-state index contributed by atoms with van der Waals surface area (Å²) in [6, 6.07) is 15.3. The van der Waals surface area contributed by atoms with Gasteiger partial charge in [0.25, 0.3) is 0 Å². The van der Waals surface area contributed by atoms with Gasteiger partial charge in [0.15, 0.2) is 5.65 Å². The van der Waals surface area contributed by atoms with Crippen molar-refractivity contribution in [2.24, 2.45) is 0 Å². The second-order valence-corrected chi connectivity index (χ2v) is 7.38. The Balaban J connectivity index is 1.18. The quantitative estimate of drug-likeness (QED) is 0.679. The standard InChI is InChI=1S/C22H25N5O3/c28-20(9-12-23-22(29)30-16-17-6-2-1-3-7-17)26-14-10-18(11-15-26)21-25-24-19-8-4-5-13-27(19)21/h1-8,13,18H,9-12,14-16H2,(H,23,29). The van der Waals surface area contributed by atoms with Gasteiger partial charge < -0.3 is 15.0 Å². The summed E-state index contributed by atoms with van der Waals surface area (Å²) in [5.41, 5.74) is 1.77. The lowest BCUT2D eigenvalue weighted by Gasteiger charge is -2.31. The molecule has 1 saturated heterocycles. The van der Waals surface area contributed by atoms with Gasteiger partial charge in [0.05, 0.1) is 0 Å². The molecule has 1 fully saturated rings. The summed E-state index contributed by atoms with van der Waals surface area (Å²) < 4.78 is 7.18. The minimum atomic E-state index is -0.510. The smallest absolute Gasteiger partial charge is 0.407 e. The van der Waals surface area contributed by atoms with Crippen molar-refractivity contribution in [3.8, 4) is 0 Å². The molecule has 1 aliphatic rings. The van der Waals surface area contributed by atoms with E-state index in [0.717, 1.165) is 29.9 Å². The van der Waals surface area contributed by atoms with Crippen LogP contribution in [0.4, 0.5) is 4.79 Å². The van der Waals surface area contributed by atoms with Crippen LogP contribution in [0.1, 0.15) is 36.6 Å². The number of rotatable bonds is 6. The van der Waals surface area contributed by atoms with E-state index in [4.69, 9.17) is 4.74 Å². The van der Waals surface area contributed by atoms with Gasteiger partial charge in [0, 0.05) is 38.2 Å². The Kier molecular flexibility index (Phi) is 6.22. The Labute approximate surface area is 174 Å². The Bertz CT molecular complexity index is 996. The molecule has 1 N–H and O–H groups in total. The van der Waals surface area contributed by atoms with Gasteiger partial charge in [-0.15, -0.1) is 10.2 Å². The van der Waals surface area contributed by atoms with Crippen molar-refractivity contribution < 1.29 is 14.3 Å². The molecule has 3 aromatic rings. The van der Waals surface area contributed by atoms with Gasteiger partial charge in [-0.25, -0.2) is 4.79 Å². The number of nitrogens with one attached hydrogen (secondary N) is 1. The molecule has 8 heteroatoms. The summed E-state index contributed by atoms with van der Waals surface area (Å²) in [5, 5.41) is 11.2. The first kappa shape index (κ1) is 19.9. The van der Waals surface area contributed by atoms with Gasteiger partial charge in [-0.2, -0.15) is 0 Å². The number of piperidine rings is 1. The number of alkyl carbamates (subject to hydrolysis) is 1. The van der Waals surface area contributed by atoms with Gasteiger partial charge >= 0.3 is 6.09 Å². The number of aromatic nitrogens is 3. The van der Waals surface area contributed by atoms with Crippen molar-refractivity contribution in [1.82, 2.24) is 24.8 Å². The van der Waals surface area contributed by atoms with E-state index in [1.807, 2.05) is 64.0 Å². The first-order valence-electron chi connectivity index (χ1n) is 10.2. The number of pyridine rings is 1. The van der Waals surface area contributed by atoms with Crippen molar-refractivity contribution in [2.45, 2.75) is 31.8 Å². The lowest BCUT2D eigenvalue weighted by atomic mass is 9.96. The monoisotopic (exact) mass is 407 g/mol. The van der Waals surface area contributed by atoms with Gasteiger partial charge in [-0.3, -0.25) is 9.20 Å².